The lowest BCUT2D eigenvalue weighted by Crippen LogP contribution is -2.51. The van der Waals surface area contributed by atoms with Crippen molar-refractivity contribution < 1.29 is 5.11 Å². The van der Waals surface area contributed by atoms with Gasteiger partial charge >= 0.3 is 0 Å². The van der Waals surface area contributed by atoms with Gasteiger partial charge in [0.15, 0.2) is 5.96 Å². The van der Waals surface area contributed by atoms with Crippen LogP contribution in [0.1, 0.15) is 27.2 Å². The van der Waals surface area contributed by atoms with E-state index >= 15 is 0 Å². The van der Waals surface area contributed by atoms with E-state index in [1.807, 2.05) is 6.92 Å². The minimum absolute atomic E-state index is 0.0544. The summed E-state index contributed by atoms with van der Waals surface area (Å²) in [5.41, 5.74) is 4.70. The van der Waals surface area contributed by atoms with Gasteiger partial charge in [-0.25, -0.2) is 0 Å². The number of nitrogens with one attached hydrogen (secondary N) is 1. The van der Waals surface area contributed by atoms with Gasteiger partial charge in [-0.1, -0.05) is 6.92 Å². The number of aliphatic imine (C=N–C) groups is 1. The van der Waals surface area contributed by atoms with Gasteiger partial charge in [-0.2, -0.15) is 0 Å². The Kier molecular flexibility index (Phi) is 4.03. The molecule has 1 atom stereocenters. The van der Waals surface area contributed by atoms with E-state index in [1.54, 1.807) is 20.9 Å². The Labute approximate surface area is 73.9 Å². The third-order valence-electron chi connectivity index (χ3n) is 1.82. The van der Waals surface area contributed by atoms with E-state index in [0.717, 1.165) is 6.42 Å². The molecule has 1 unspecified atom stereocenters. The standard InChI is InChI=1S/C8H19N3O/c1-5-6(8(2,3)12)11-7(9)10-4/h6,12H,5H2,1-4H3,(H3,9,10,11). The van der Waals surface area contributed by atoms with Gasteiger partial charge < -0.3 is 16.2 Å². The van der Waals surface area contributed by atoms with Gasteiger partial charge in [-0.15, -0.1) is 0 Å². The minimum Gasteiger partial charge on any atom is -0.388 e. The number of hydrogen-bond acceptors (Lipinski definition) is 2. The summed E-state index contributed by atoms with van der Waals surface area (Å²) in [6.07, 6.45) is 0.805. The van der Waals surface area contributed by atoms with E-state index in [9.17, 15) is 5.11 Å². The molecule has 0 bridgehead atoms. The van der Waals surface area contributed by atoms with Crippen molar-refractivity contribution in [1.29, 1.82) is 0 Å². The van der Waals surface area contributed by atoms with Crippen molar-refractivity contribution in [3.8, 4) is 0 Å². The zero-order valence-electron chi connectivity index (χ0n) is 8.26. The number of nitrogens with two attached hydrogens (primary N) is 1. The van der Waals surface area contributed by atoms with Crippen molar-refractivity contribution in [1.82, 2.24) is 5.32 Å². The molecule has 72 valence electrons. The molecule has 0 aliphatic carbocycles. The Morgan fingerprint density at radius 1 is 1.67 bits per heavy atom. The van der Waals surface area contributed by atoms with Crippen LogP contribution in [0.2, 0.25) is 0 Å². The highest BCUT2D eigenvalue weighted by molar-refractivity contribution is 5.78. The van der Waals surface area contributed by atoms with E-state index < -0.39 is 5.60 Å². The highest BCUT2D eigenvalue weighted by atomic mass is 16.3. The van der Waals surface area contributed by atoms with Crippen molar-refractivity contribution in [3.05, 3.63) is 0 Å². The third-order valence-corrected chi connectivity index (χ3v) is 1.82. The maximum Gasteiger partial charge on any atom is 0.188 e. The molecule has 0 aromatic carbocycles. The molecule has 0 rings (SSSR count). The minimum atomic E-state index is -0.774. The molecule has 0 amide bonds. The first-order valence-corrected chi connectivity index (χ1v) is 4.13. The maximum absolute atomic E-state index is 9.65. The van der Waals surface area contributed by atoms with Crippen LogP contribution in [-0.2, 0) is 0 Å². The second kappa shape index (κ2) is 4.30. The monoisotopic (exact) mass is 173 g/mol. The number of nitrogens with zero attached hydrogens (tertiary/aromatic N) is 1. The van der Waals surface area contributed by atoms with Gasteiger partial charge in [-0.05, 0) is 20.3 Å². The summed E-state index contributed by atoms with van der Waals surface area (Å²) in [4.78, 5) is 3.76. The third kappa shape index (κ3) is 3.57. The molecular weight excluding hydrogens is 154 g/mol. The Balaban J connectivity index is 4.19. The lowest BCUT2D eigenvalue weighted by atomic mass is 9.97. The number of aliphatic hydroxyl groups is 1. The lowest BCUT2D eigenvalue weighted by molar-refractivity contribution is 0.0433. The molecule has 0 saturated heterocycles. The highest BCUT2D eigenvalue weighted by Crippen LogP contribution is 2.10. The predicted octanol–water partition coefficient (Wildman–Crippen LogP) is 0.0700. The summed E-state index contributed by atoms with van der Waals surface area (Å²) in [6.45, 7) is 5.48. The van der Waals surface area contributed by atoms with E-state index in [0.29, 0.717) is 5.96 Å². The predicted molar refractivity (Wildman–Crippen MR) is 51.1 cm³/mol. The van der Waals surface area contributed by atoms with Gasteiger partial charge in [0, 0.05) is 7.05 Å². The van der Waals surface area contributed by atoms with Gasteiger partial charge in [0.25, 0.3) is 0 Å². The fourth-order valence-corrected chi connectivity index (χ4v) is 1.02. The first kappa shape index (κ1) is 11.2. The van der Waals surface area contributed by atoms with Crippen molar-refractivity contribution in [3.63, 3.8) is 0 Å². The SMILES string of the molecule is CCC(NC(N)=NC)C(C)(C)O. The second-order valence-electron chi connectivity index (χ2n) is 3.37. The molecule has 0 aliphatic heterocycles. The van der Waals surface area contributed by atoms with Gasteiger partial charge in [0.2, 0.25) is 0 Å². The zero-order valence-corrected chi connectivity index (χ0v) is 8.26. The average Bonchev–Trinajstić information content (AvgIpc) is 1.97. The Hall–Kier alpha value is -0.770. The number of guanidine groups is 1. The van der Waals surface area contributed by atoms with Gasteiger partial charge in [-0.3, -0.25) is 4.99 Å². The summed E-state index contributed by atoms with van der Waals surface area (Å²) in [7, 11) is 1.61. The lowest BCUT2D eigenvalue weighted by Gasteiger charge is -2.29. The molecule has 0 saturated carbocycles. The molecule has 0 aromatic rings. The highest BCUT2D eigenvalue weighted by Gasteiger charge is 2.25. The summed E-state index contributed by atoms with van der Waals surface area (Å²) in [6, 6.07) is -0.0544. The molecule has 4 N–H and O–H groups in total. The molecule has 4 heteroatoms. The Morgan fingerprint density at radius 2 is 2.17 bits per heavy atom. The largest absolute Gasteiger partial charge is 0.388 e. The fraction of sp³-hybridized carbons (Fsp3) is 0.875. The topological polar surface area (TPSA) is 70.6 Å². The molecule has 12 heavy (non-hydrogen) atoms. The first-order chi connectivity index (χ1) is 5.41. The van der Waals surface area contributed by atoms with Crippen LogP contribution >= 0.6 is 0 Å². The smallest absolute Gasteiger partial charge is 0.188 e. The van der Waals surface area contributed by atoms with Crippen LogP contribution in [0.5, 0.6) is 0 Å². The molecule has 0 heterocycles. The molecule has 0 aromatic heterocycles. The summed E-state index contributed by atoms with van der Waals surface area (Å²) < 4.78 is 0. The number of hydrogen-bond donors (Lipinski definition) is 3. The average molecular weight is 173 g/mol. The summed E-state index contributed by atoms with van der Waals surface area (Å²) in [5, 5.41) is 12.6. The van der Waals surface area contributed by atoms with Gasteiger partial charge in [0.05, 0.1) is 11.6 Å². The molecule has 0 radical (unpaired) electrons. The normalized spacial score (nSPS) is 15.9. The summed E-state index contributed by atoms with van der Waals surface area (Å²) >= 11 is 0. The van der Waals surface area contributed by atoms with Crippen molar-refractivity contribution >= 4 is 5.96 Å². The molecule has 0 aliphatic rings. The van der Waals surface area contributed by atoms with Crippen LogP contribution in [0, 0.1) is 0 Å². The van der Waals surface area contributed by atoms with Crippen LogP contribution in [-0.4, -0.2) is 29.8 Å². The van der Waals surface area contributed by atoms with Crippen molar-refractivity contribution in [2.75, 3.05) is 7.05 Å². The fourth-order valence-electron chi connectivity index (χ4n) is 1.02. The van der Waals surface area contributed by atoms with Crippen molar-refractivity contribution in [2.45, 2.75) is 38.8 Å². The number of rotatable bonds is 3. The van der Waals surface area contributed by atoms with Crippen molar-refractivity contribution in [2.24, 2.45) is 10.7 Å². The maximum atomic E-state index is 9.65. The van der Waals surface area contributed by atoms with Crippen LogP contribution in [0.4, 0.5) is 0 Å². The van der Waals surface area contributed by atoms with E-state index in [1.165, 1.54) is 0 Å². The first-order valence-electron chi connectivity index (χ1n) is 4.13. The second-order valence-corrected chi connectivity index (χ2v) is 3.37. The Morgan fingerprint density at radius 3 is 2.42 bits per heavy atom. The zero-order chi connectivity index (χ0) is 9.78. The van der Waals surface area contributed by atoms with E-state index in [4.69, 9.17) is 5.73 Å². The van der Waals surface area contributed by atoms with E-state index in [-0.39, 0.29) is 6.04 Å². The van der Waals surface area contributed by atoms with Crippen LogP contribution in [0.15, 0.2) is 4.99 Å². The molecular formula is C8H19N3O. The molecule has 0 spiro atoms. The quantitative estimate of drug-likeness (QED) is 0.418. The van der Waals surface area contributed by atoms with E-state index in [2.05, 4.69) is 10.3 Å². The molecule has 0 fully saturated rings. The Bertz CT molecular complexity index is 160. The molecule has 4 nitrogen and oxygen atoms in total. The van der Waals surface area contributed by atoms with Crippen LogP contribution < -0.4 is 11.1 Å². The van der Waals surface area contributed by atoms with Crippen LogP contribution in [0.25, 0.3) is 0 Å². The summed E-state index contributed by atoms with van der Waals surface area (Å²) in [5.74, 6) is 0.365. The van der Waals surface area contributed by atoms with Crippen LogP contribution in [0.3, 0.4) is 0 Å². The van der Waals surface area contributed by atoms with Gasteiger partial charge in [0.1, 0.15) is 0 Å².